The summed E-state index contributed by atoms with van der Waals surface area (Å²) in [5, 5.41) is 7.94. The average molecular weight is 374 g/mol. The van der Waals surface area contributed by atoms with Crippen molar-refractivity contribution in [2.24, 2.45) is 5.92 Å². The van der Waals surface area contributed by atoms with E-state index in [0.717, 1.165) is 34.7 Å². The molecule has 7 heteroatoms. The van der Waals surface area contributed by atoms with Gasteiger partial charge in [-0.2, -0.15) is 0 Å². The summed E-state index contributed by atoms with van der Waals surface area (Å²) in [7, 11) is 0. The Hall–Kier alpha value is -0.880. The van der Waals surface area contributed by atoms with Gasteiger partial charge in [-0.1, -0.05) is 11.6 Å². The number of carbonyl (C=O) groups is 1. The number of hydrogen-bond donors (Lipinski definition) is 2. The van der Waals surface area contributed by atoms with Crippen LogP contribution in [0.2, 0.25) is 5.02 Å². The number of hydrogen-bond acceptors (Lipinski definition) is 4. The van der Waals surface area contributed by atoms with Gasteiger partial charge in [0.15, 0.2) is 0 Å². The third-order valence-corrected chi connectivity index (χ3v) is 5.34. The van der Waals surface area contributed by atoms with Crippen LogP contribution >= 0.6 is 35.3 Å². The molecule has 0 unspecified atom stereocenters. The summed E-state index contributed by atoms with van der Waals surface area (Å²) >= 11 is 7.56. The number of fused-ring (bicyclic) bond motifs is 1. The third-order valence-electron chi connectivity index (χ3n) is 4.07. The lowest BCUT2D eigenvalue weighted by atomic mass is 9.93. The number of benzene rings is 1. The van der Waals surface area contributed by atoms with E-state index in [4.69, 9.17) is 11.6 Å². The predicted molar refractivity (Wildman–Crippen MR) is 98.6 cm³/mol. The highest BCUT2D eigenvalue weighted by atomic mass is 35.5. The van der Waals surface area contributed by atoms with E-state index < -0.39 is 0 Å². The Morgan fingerprint density at radius 2 is 2.17 bits per heavy atom. The number of carbonyl (C=O) groups excluding carboxylic acids is 1. The van der Waals surface area contributed by atoms with Crippen molar-refractivity contribution in [2.45, 2.75) is 32.2 Å². The molecule has 4 nitrogen and oxygen atoms in total. The fourth-order valence-electron chi connectivity index (χ4n) is 2.79. The van der Waals surface area contributed by atoms with Crippen LogP contribution in [0.15, 0.2) is 18.2 Å². The van der Waals surface area contributed by atoms with Crippen LogP contribution in [0.1, 0.15) is 30.7 Å². The van der Waals surface area contributed by atoms with Crippen LogP contribution in [0.5, 0.6) is 0 Å². The van der Waals surface area contributed by atoms with E-state index in [1.807, 2.05) is 18.2 Å². The fraction of sp³-hybridized carbons (Fsp3) is 0.500. The quantitative estimate of drug-likeness (QED) is 0.838. The summed E-state index contributed by atoms with van der Waals surface area (Å²) in [5.74, 6) is 0.812. The molecule has 3 rings (SSSR count). The first-order valence-corrected chi connectivity index (χ1v) is 8.92. The summed E-state index contributed by atoms with van der Waals surface area (Å²) < 4.78 is 1.10. The van der Waals surface area contributed by atoms with Crippen molar-refractivity contribution in [1.29, 1.82) is 0 Å². The topological polar surface area (TPSA) is 54.0 Å². The molecule has 1 aromatic carbocycles. The van der Waals surface area contributed by atoms with Crippen molar-refractivity contribution in [3.05, 3.63) is 28.2 Å². The summed E-state index contributed by atoms with van der Waals surface area (Å²) in [6.07, 6.45) is 3.97. The Balaban J connectivity index is 0.00000192. The molecular weight excluding hydrogens is 353 g/mol. The maximum atomic E-state index is 12.0. The molecule has 0 aliphatic carbocycles. The fourth-order valence-corrected chi connectivity index (χ4v) is 3.85. The molecule has 0 radical (unpaired) electrons. The van der Waals surface area contributed by atoms with Crippen molar-refractivity contribution in [3.63, 3.8) is 0 Å². The molecule has 126 valence electrons. The standard InChI is InChI=1S/C16H20ClN3OS.ClH/c17-12-2-3-14-13(9-12)20-16(22-14)10-19-15(21)4-1-11-5-7-18-8-6-11;/h2-3,9,11,18H,1,4-8,10H2,(H,19,21);1H. The van der Waals surface area contributed by atoms with Crippen LogP contribution in [-0.4, -0.2) is 24.0 Å². The Bertz CT molecular complexity index is 656. The number of piperidine rings is 1. The van der Waals surface area contributed by atoms with Crippen molar-refractivity contribution in [3.8, 4) is 0 Å². The minimum absolute atomic E-state index is 0. The molecule has 1 saturated heterocycles. The number of nitrogens with one attached hydrogen (secondary N) is 2. The average Bonchev–Trinajstić information content (AvgIpc) is 2.94. The predicted octanol–water partition coefficient (Wildman–Crippen LogP) is 3.77. The Morgan fingerprint density at radius 1 is 1.39 bits per heavy atom. The van der Waals surface area contributed by atoms with Gasteiger partial charge < -0.3 is 10.6 Å². The van der Waals surface area contributed by atoms with Gasteiger partial charge in [-0.25, -0.2) is 4.98 Å². The molecular formula is C16H21Cl2N3OS. The van der Waals surface area contributed by atoms with Gasteiger partial charge in [-0.3, -0.25) is 4.79 Å². The van der Waals surface area contributed by atoms with Gasteiger partial charge in [-0.05, 0) is 56.5 Å². The molecule has 0 atom stereocenters. The summed E-state index contributed by atoms with van der Waals surface area (Å²) in [4.78, 5) is 16.5. The zero-order valence-corrected chi connectivity index (χ0v) is 15.2. The molecule has 0 spiro atoms. The maximum absolute atomic E-state index is 12.0. The normalized spacial score (nSPS) is 15.3. The largest absolute Gasteiger partial charge is 0.350 e. The molecule has 1 aliphatic rings. The minimum atomic E-state index is 0. The van der Waals surface area contributed by atoms with E-state index in [0.29, 0.717) is 23.9 Å². The second-order valence-electron chi connectivity index (χ2n) is 5.73. The lowest BCUT2D eigenvalue weighted by Crippen LogP contribution is -2.29. The summed E-state index contributed by atoms with van der Waals surface area (Å²) in [6.45, 7) is 2.67. The highest BCUT2D eigenvalue weighted by Crippen LogP contribution is 2.25. The number of halogens is 2. The molecule has 1 aliphatic heterocycles. The molecule has 2 heterocycles. The van der Waals surface area contributed by atoms with Crippen molar-refractivity contribution in [2.75, 3.05) is 13.1 Å². The first-order chi connectivity index (χ1) is 10.7. The van der Waals surface area contributed by atoms with Gasteiger partial charge in [0.25, 0.3) is 0 Å². The molecule has 2 N–H and O–H groups in total. The van der Waals surface area contributed by atoms with E-state index in [9.17, 15) is 4.79 Å². The maximum Gasteiger partial charge on any atom is 0.220 e. The number of aromatic nitrogens is 1. The molecule has 1 amide bonds. The summed E-state index contributed by atoms with van der Waals surface area (Å²) in [6, 6.07) is 5.69. The Kier molecular flexibility index (Phi) is 7.09. The molecule has 0 bridgehead atoms. The van der Waals surface area contributed by atoms with Crippen LogP contribution in [0.4, 0.5) is 0 Å². The van der Waals surface area contributed by atoms with E-state index >= 15 is 0 Å². The smallest absolute Gasteiger partial charge is 0.220 e. The highest BCUT2D eigenvalue weighted by Gasteiger charge is 2.14. The van der Waals surface area contributed by atoms with Gasteiger partial charge in [0.2, 0.25) is 5.91 Å². The van der Waals surface area contributed by atoms with E-state index in [-0.39, 0.29) is 18.3 Å². The van der Waals surface area contributed by atoms with E-state index in [1.54, 1.807) is 11.3 Å². The van der Waals surface area contributed by atoms with E-state index in [1.165, 1.54) is 12.8 Å². The zero-order valence-electron chi connectivity index (χ0n) is 12.8. The zero-order chi connectivity index (χ0) is 15.4. The number of amides is 1. The first kappa shape index (κ1) is 18.5. The lowest BCUT2D eigenvalue weighted by Gasteiger charge is -2.22. The first-order valence-electron chi connectivity index (χ1n) is 7.73. The van der Waals surface area contributed by atoms with Gasteiger partial charge in [-0.15, -0.1) is 23.7 Å². The molecule has 1 fully saturated rings. The summed E-state index contributed by atoms with van der Waals surface area (Å²) in [5.41, 5.74) is 0.899. The van der Waals surface area contributed by atoms with Crippen LogP contribution in [0, 0.1) is 5.92 Å². The molecule has 0 saturated carbocycles. The van der Waals surface area contributed by atoms with Gasteiger partial charge in [0.1, 0.15) is 5.01 Å². The van der Waals surface area contributed by atoms with Crippen LogP contribution < -0.4 is 10.6 Å². The molecule has 2 aromatic rings. The molecule has 1 aromatic heterocycles. The number of nitrogens with zero attached hydrogens (tertiary/aromatic N) is 1. The van der Waals surface area contributed by atoms with Gasteiger partial charge in [0, 0.05) is 11.4 Å². The van der Waals surface area contributed by atoms with Gasteiger partial charge in [0.05, 0.1) is 16.8 Å². The van der Waals surface area contributed by atoms with Crippen molar-refractivity contribution in [1.82, 2.24) is 15.6 Å². The van der Waals surface area contributed by atoms with Crippen molar-refractivity contribution >= 4 is 51.5 Å². The Labute approximate surface area is 151 Å². The van der Waals surface area contributed by atoms with Crippen molar-refractivity contribution < 1.29 is 4.79 Å². The second-order valence-corrected chi connectivity index (χ2v) is 7.28. The Morgan fingerprint density at radius 3 is 2.96 bits per heavy atom. The SMILES string of the molecule is Cl.O=C(CCC1CCNCC1)NCc1nc2cc(Cl)ccc2s1. The van der Waals surface area contributed by atoms with E-state index in [2.05, 4.69) is 15.6 Å². The number of rotatable bonds is 5. The van der Waals surface area contributed by atoms with Crippen LogP contribution in [0.25, 0.3) is 10.2 Å². The highest BCUT2D eigenvalue weighted by molar-refractivity contribution is 7.18. The van der Waals surface area contributed by atoms with Crippen LogP contribution in [0.3, 0.4) is 0 Å². The second kappa shape index (κ2) is 8.83. The number of thiazole rings is 1. The molecule has 23 heavy (non-hydrogen) atoms. The van der Waals surface area contributed by atoms with Gasteiger partial charge >= 0.3 is 0 Å². The van der Waals surface area contributed by atoms with Crippen LogP contribution in [-0.2, 0) is 11.3 Å². The third kappa shape index (κ3) is 5.31. The lowest BCUT2D eigenvalue weighted by molar-refractivity contribution is -0.121. The monoisotopic (exact) mass is 373 g/mol. The minimum Gasteiger partial charge on any atom is -0.350 e.